The minimum atomic E-state index is -5.02. The predicted molar refractivity (Wildman–Crippen MR) is 404 cm³/mol. The van der Waals surface area contributed by atoms with Crippen molar-refractivity contribution in [1.29, 1.82) is 0 Å². The van der Waals surface area contributed by atoms with Crippen LogP contribution in [-0.4, -0.2) is 75.2 Å². The van der Waals surface area contributed by atoms with Gasteiger partial charge in [0.05, 0.1) is 114 Å². The van der Waals surface area contributed by atoms with Crippen LogP contribution in [0.2, 0.25) is 0 Å². The van der Waals surface area contributed by atoms with Crippen LogP contribution in [-0.2, 0) is 100 Å². The minimum absolute atomic E-state index is 0.0265. The molecule has 0 unspecified atom stereocenters. The van der Waals surface area contributed by atoms with Gasteiger partial charge >= 0.3 is 43.2 Å². The topological polar surface area (TPSA) is 220 Å². The fourth-order valence-electron chi connectivity index (χ4n) is 13.6. The van der Waals surface area contributed by atoms with Crippen molar-refractivity contribution < 1.29 is 122 Å². The third-order valence-corrected chi connectivity index (χ3v) is 20.8. The molecule has 8 atom stereocenters. The second-order valence-corrected chi connectivity index (χ2v) is 28.9. The zero-order valence-corrected chi connectivity index (χ0v) is 64.9. The van der Waals surface area contributed by atoms with Gasteiger partial charge in [-0.3, -0.25) is 19.3 Å². The summed E-state index contributed by atoms with van der Waals surface area (Å²) in [5, 5.41) is 6.55. The number of nitrogens with zero attached hydrogens (tertiary/aromatic N) is 1. The van der Waals surface area contributed by atoms with Crippen LogP contribution in [0.5, 0.6) is 5.75 Å². The fraction of sp³-hybridized carbons (Fsp3) is 0.372. The van der Waals surface area contributed by atoms with E-state index in [4.69, 9.17) is 40.9 Å². The smallest absolute Gasteiger partial charge is 0.416 e. The van der Waals surface area contributed by atoms with Crippen LogP contribution in [0.4, 0.5) is 83.8 Å². The van der Waals surface area contributed by atoms with Crippen molar-refractivity contribution >= 4 is 23.7 Å². The van der Waals surface area contributed by atoms with E-state index >= 15 is 0 Å². The number of ether oxygens (including phenoxy) is 5. The zero-order chi connectivity index (χ0) is 87.7. The summed E-state index contributed by atoms with van der Waals surface area (Å²) in [5.74, 6) is -1.03. The van der Waals surface area contributed by atoms with E-state index in [-0.39, 0.29) is 105 Å². The molecule has 33 heteroatoms. The van der Waals surface area contributed by atoms with E-state index in [0.29, 0.717) is 79.8 Å². The summed E-state index contributed by atoms with van der Waals surface area (Å²) in [7, 11) is 1.65. The lowest BCUT2D eigenvalue weighted by atomic mass is 9.79. The lowest BCUT2D eigenvalue weighted by Gasteiger charge is -2.46. The highest BCUT2D eigenvalue weighted by atomic mass is 19.4. The predicted octanol–water partition coefficient (Wildman–Crippen LogP) is 19.8. The molecule has 0 saturated carbocycles. The number of halogens is 18. The first-order chi connectivity index (χ1) is 55.7. The largest absolute Gasteiger partial charge is 0.497 e. The Balaban J connectivity index is 0.000000212. The molecular weight excluding hydrogens is 1600 g/mol. The zero-order valence-electron chi connectivity index (χ0n) is 64.9. The summed E-state index contributed by atoms with van der Waals surface area (Å²) < 4.78 is 268. The van der Waals surface area contributed by atoms with Crippen LogP contribution in [0, 0.1) is 11.8 Å². The third kappa shape index (κ3) is 25.6. The number of benzene rings is 8. The highest BCUT2D eigenvalue weighted by molar-refractivity contribution is 5.94. The quantitative estimate of drug-likeness (QED) is 0.0400. The summed E-state index contributed by atoms with van der Waals surface area (Å²) in [6.07, 6.45) is -30.3. The van der Waals surface area contributed by atoms with Gasteiger partial charge in [0, 0.05) is 25.2 Å². The molecule has 0 aromatic heterocycles. The number of hydrogen-bond donors (Lipinski definition) is 5. The molecule has 642 valence electrons. The maximum atomic E-state index is 13.6. The molecule has 0 radical (unpaired) electrons. The number of carbonyl (C=O) groups excluding carboxylic acids is 4. The molecule has 119 heavy (non-hydrogen) atoms. The number of ketones is 1. The van der Waals surface area contributed by atoms with E-state index in [0.717, 1.165) is 28.0 Å². The van der Waals surface area contributed by atoms with Crippen molar-refractivity contribution in [2.24, 2.45) is 29.0 Å². The van der Waals surface area contributed by atoms with Crippen molar-refractivity contribution in [3.63, 3.8) is 0 Å². The molecule has 0 bridgehead atoms. The summed E-state index contributed by atoms with van der Waals surface area (Å²) in [6, 6.07) is 47.7. The Bertz CT molecular complexity index is 4410. The fourth-order valence-corrected chi connectivity index (χ4v) is 13.6. The molecule has 11 rings (SSSR count). The average molecular weight is 1690 g/mol. The van der Waals surface area contributed by atoms with Crippen LogP contribution < -0.4 is 32.6 Å². The number of nitrogens with two attached hydrogens (primary N) is 3. The number of Topliss-reactive ketones (excluding diaryl/α,β-unsaturated/α-hetero) is 1. The first-order valence-corrected chi connectivity index (χ1v) is 37.2. The standard InChI is InChI=1S/C32H29F6NO4.2C23H24F6N2O2.C8H11NO/c1-21(40)24-13-14-30(26-11-7-4-8-12-26,39(18-24)29(41)42-19-23-9-5-3-6-10-23)20-43-22(2)25-15-27(31(33,34)35)17-28(16-25)32(36,37)38;2*1-14(16-9-18(22(24,25)26)11-19(10-16)23(27,28)29)33-13-21(17-5-3-2-4-6-17)8-7-15(12-31-21)20(30)32;1-10-8-4-2-7(6-9)3-5-8/h3-13,15-17,22H,14,18-20H2,1-2H3;2*2-6,9-11,14-15,31H,7-8,12-13H2,1H3,(H2,30,32);2-5H,6,9H2,1H3/t22-,30-;14-,15+,21-;14-,15-,21-;/m111./s1. The van der Waals surface area contributed by atoms with Gasteiger partial charge in [-0.05, 0) is 171 Å². The number of hydrogen-bond acceptors (Lipinski definition) is 12. The van der Waals surface area contributed by atoms with E-state index in [9.17, 15) is 98.2 Å². The van der Waals surface area contributed by atoms with Crippen molar-refractivity contribution in [2.45, 2.75) is 145 Å². The number of amides is 3. The molecule has 3 amide bonds. The van der Waals surface area contributed by atoms with E-state index < -0.39 is 123 Å². The first kappa shape index (κ1) is 94.2. The number of carbonyl (C=O) groups is 4. The van der Waals surface area contributed by atoms with Crippen molar-refractivity contribution in [3.05, 3.63) is 290 Å². The van der Waals surface area contributed by atoms with Crippen LogP contribution in [0.1, 0.15) is 156 Å². The van der Waals surface area contributed by atoms with Gasteiger partial charge in [-0.25, -0.2) is 4.79 Å². The van der Waals surface area contributed by atoms with E-state index in [2.05, 4.69) is 10.6 Å². The van der Waals surface area contributed by atoms with E-state index in [1.54, 1.807) is 73.8 Å². The highest BCUT2D eigenvalue weighted by Gasteiger charge is 2.48. The molecule has 8 aromatic rings. The number of alkyl halides is 18. The molecule has 3 aliphatic heterocycles. The Kier molecular flexibility index (Phi) is 31.4. The van der Waals surface area contributed by atoms with Gasteiger partial charge in [-0.15, -0.1) is 0 Å². The number of nitrogens with one attached hydrogen (secondary N) is 2. The SMILES string of the molecule is CC(=O)C1=CC[C@@](CO[C@H](C)c2cc(C(F)(F)F)cc(C(F)(F)F)c2)(c2ccccc2)N(C(=O)OCc2ccccc2)C1.COc1ccc(CN)cc1.C[C@@H](OC[C@@]1(c2ccccc2)CC[C@@H](C(N)=O)CN1)c1cc(C(F)(F)F)cc(C(F)(F)F)c1.C[C@@H](OC[C@@]1(c2ccccc2)CC[C@H](C(N)=O)CN1)c1cc(C(F)(F)F)cc(C(F)(F)F)c1. The first-order valence-electron chi connectivity index (χ1n) is 37.2. The molecule has 15 nitrogen and oxygen atoms in total. The van der Waals surface area contributed by atoms with Gasteiger partial charge < -0.3 is 51.5 Å². The number of methoxy groups -OCH3 is 1. The molecule has 8 N–H and O–H groups in total. The number of piperidine rings is 2. The molecular formula is C86H88F18N6O9. The average Bonchev–Trinajstić information content (AvgIpc) is 0.753. The molecule has 3 heterocycles. The number of rotatable bonds is 22. The summed E-state index contributed by atoms with van der Waals surface area (Å²) >= 11 is 0. The maximum Gasteiger partial charge on any atom is 0.416 e. The van der Waals surface area contributed by atoms with Gasteiger partial charge in [0.1, 0.15) is 12.4 Å². The van der Waals surface area contributed by atoms with Gasteiger partial charge in [0.2, 0.25) is 11.8 Å². The molecule has 3 aliphatic rings. The van der Waals surface area contributed by atoms with Crippen LogP contribution in [0.15, 0.2) is 212 Å². The normalized spacial score (nSPS) is 19.9. The molecule has 0 aliphatic carbocycles. The minimum Gasteiger partial charge on any atom is -0.497 e. The van der Waals surface area contributed by atoms with Crippen molar-refractivity contribution in [1.82, 2.24) is 15.5 Å². The summed E-state index contributed by atoms with van der Waals surface area (Å²) in [4.78, 5) is 50.3. The van der Waals surface area contributed by atoms with Crippen LogP contribution in [0.25, 0.3) is 0 Å². The maximum absolute atomic E-state index is 13.6. The van der Waals surface area contributed by atoms with E-state index in [1.807, 2.05) is 84.9 Å². The lowest BCUT2D eigenvalue weighted by molar-refractivity contribution is -0.145. The van der Waals surface area contributed by atoms with Crippen LogP contribution in [0.3, 0.4) is 0 Å². The Morgan fingerprint density at radius 3 is 1.08 bits per heavy atom. The summed E-state index contributed by atoms with van der Waals surface area (Å²) in [5.41, 5.74) is 8.55. The lowest BCUT2D eigenvalue weighted by Crippen LogP contribution is -2.55. The Morgan fingerprint density at radius 1 is 0.454 bits per heavy atom. The van der Waals surface area contributed by atoms with E-state index in [1.165, 1.54) is 32.6 Å². The van der Waals surface area contributed by atoms with Gasteiger partial charge in [0.15, 0.2) is 5.78 Å². The molecule has 0 spiro atoms. The third-order valence-electron chi connectivity index (χ3n) is 20.8. The van der Waals surface area contributed by atoms with Gasteiger partial charge in [-0.1, -0.05) is 140 Å². The summed E-state index contributed by atoms with van der Waals surface area (Å²) in [6.45, 7) is 6.08. The Labute approximate surface area is 674 Å². The number of primary amides is 2. The Morgan fingerprint density at radius 2 is 0.782 bits per heavy atom. The highest BCUT2D eigenvalue weighted by Crippen LogP contribution is 2.46. The molecule has 2 saturated heterocycles. The molecule has 8 aromatic carbocycles. The second-order valence-electron chi connectivity index (χ2n) is 28.9. The van der Waals surface area contributed by atoms with Crippen molar-refractivity contribution in [3.8, 4) is 5.75 Å². The Hall–Kier alpha value is -10.3. The van der Waals surface area contributed by atoms with Crippen molar-refractivity contribution in [2.75, 3.05) is 46.6 Å². The van der Waals surface area contributed by atoms with Gasteiger partial charge in [-0.2, -0.15) is 79.0 Å². The second kappa shape index (κ2) is 39.7. The molecule has 2 fully saturated rings. The monoisotopic (exact) mass is 1690 g/mol. The van der Waals surface area contributed by atoms with Crippen LogP contribution >= 0.6 is 0 Å². The van der Waals surface area contributed by atoms with Gasteiger partial charge in [0.25, 0.3) is 0 Å².